The molecule has 1 aliphatic rings. The molecule has 80 valence electrons. The molecule has 0 saturated carbocycles. The fourth-order valence-corrected chi connectivity index (χ4v) is 2.19. The molecule has 1 fully saturated rings. The molecule has 1 aromatic rings. The highest BCUT2D eigenvalue weighted by Gasteiger charge is 2.14. The molecule has 15 heavy (non-hydrogen) atoms. The van der Waals surface area contributed by atoms with Crippen molar-refractivity contribution < 1.29 is 4.79 Å². The second-order valence-corrected chi connectivity index (χ2v) is 4.53. The third-order valence-corrected chi connectivity index (χ3v) is 3.19. The van der Waals surface area contributed by atoms with E-state index in [1.54, 1.807) is 17.4 Å². The molecule has 0 bridgehead atoms. The van der Waals surface area contributed by atoms with Crippen molar-refractivity contribution in [2.24, 2.45) is 0 Å². The SMILES string of the molecule is O=C(C=Cc1cccs1)N[C@H]1CCNC1. The van der Waals surface area contributed by atoms with Crippen LogP contribution in [0.2, 0.25) is 0 Å². The fraction of sp³-hybridized carbons (Fsp3) is 0.364. The van der Waals surface area contributed by atoms with Gasteiger partial charge in [0.15, 0.2) is 0 Å². The first-order valence-electron chi connectivity index (χ1n) is 5.07. The van der Waals surface area contributed by atoms with E-state index in [0.717, 1.165) is 24.4 Å². The van der Waals surface area contributed by atoms with Crippen LogP contribution in [-0.2, 0) is 4.79 Å². The Morgan fingerprint density at radius 1 is 1.67 bits per heavy atom. The van der Waals surface area contributed by atoms with Crippen molar-refractivity contribution in [1.29, 1.82) is 0 Å². The van der Waals surface area contributed by atoms with Crippen LogP contribution in [0.4, 0.5) is 0 Å². The third kappa shape index (κ3) is 3.18. The number of rotatable bonds is 3. The number of nitrogens with one attached hydrogen (secondary N) is 2. The van der Waals surface area contributed by atoms with Crippen molar-refractivity contribution in [2.75, 3.05) is 13.1 Å². The van der Waals surface area contributed by atoms with Crippen LogP contribution in [0.5, 0.6) is 0 Å². The Morgan fingerprint density at radius 2 is 2.60 bits per heavy atom. The summed E-state index contributed by atoms with van der Waals surface area (Å²) in [5.74, 6) is -0.00269. The van der Waals surface area contributed by atoms with Crippen LogP contribution >= 0.6 is 11.3 Å². The maximum Gasteiger partial charge on any atom is 0.244 e. The largest absolute Gasteiger partial charge is 0.348 e. The monoisotopic (exact) mass is 222 g/mol. The first-order chi connectivity index (χ1) is 7.34. The summed E-state index contributed by atoms with van der Waals surface area (Å²) in [4.78, 5) is 12.6. The van der Waals surface area contributed by atoms with Crippen LogP contribution in [-0.4, -0.2) is 25.0 Å². The molecule has 3 nitrogen and oxygen atoms in total. The Hall–Kier alpha value is -1.13. The highest BCUT2D eigenvalue weighted by atomic mass is 32.1. The van der Waals surface area contributed by atoms with E-state index < -0.39 is 0 Å². The molecule has 0 spiro atoms. The second-order valence-electron chi connectivity index (χ2n) is 3.55. The number of hydrogen-bond donors (Lipinski definition) is 2. The average Bonchev–Trinajstić information content (AvgIpc) is 2.86. The molecule has 2 rings (SSSR count). The van der Waals surface area contributed by atoms with Crippen LogP contribution in [0.1, 0.15) is 11.3 Å². The summed E-state index contributed by atoms with van der Waals surface area (Å²) in [5.41, 5.74) is 0. The quantitative estimate of drug-likeness (QED) is 0.755. The smallest absolute Gasteiger partial charge is 0.244 e. The number of amides is 1. The lowest BCUT2D eigenvalue weighted by Crippen LogP contribution is -2.34. The summed E-state index contributed by atoms with van der Waals surface area (Å²) < 4.78 is 0. The molecule has 1 aromatic heterocycles. The topological polar surface area (TPSA) is 41.1 Å². The number of hydrogen-bond acceptors (Lipinski definition) is 3. The fourth-order valence-electron chi connectivity index (χ4n) is 1.57. The Kier molecular flexibility index (Phi) is 3.53. The maximum absolute atomic E-state index is 11.5. The van der Waals surface area contributed by atoms with Gasteiger partial charge in [-0.25, -0.2) is 0 Å². The van der Waals surface area contributed by atoms with Crippen molar-refractivity contribution in [3.8, 4) is 0 Å². The molecule has 0 aromatic carbocycles. The van der Waals surface area contributed by atoms with Crippen molar-refractivity contribution >= 4 is 23.3 Å². The van der Waals surface area contributed by atoms with Crippen LogP contribution in [0.25, 0.3) is 6.08 Å². The summed E-state index contributed by atoms with van der Waals surface area (Å²) in [6.07, 6.45) is 4.48. The standard InChI is InChI=1S/C11H14N2OS/c14-11(13-9-5-6-12-8-9)4-3-10-2-1-7-15-10/h1-4,7,9,12H,5-6,8H2,(H,13,14)/t9-/m0/s1. The lowest BCUT2D eigenvalue weighted by atomic mass is 10.2. The van der Waals surface area contributed by atoms with Gasteiger partial charge in [-0.2, -0.15) is 0 Å². The normalized spacial score (nSPS) is 20.9. The zero-order valence-corrected chi connectivity index (χ0v) is 9.22. The van der Waals surface area contributed by atoms with Gasteiger partial charge < -0.3 is 10.6 Å². The van der Waals surface area contributed by atoms with E-state index in [0.29, 0.717) is 6.04 Å². The second kappa shape index (κ2) is 5.09. The lowest BCUT2D eigenvalue weighted by molar-refractivity contribution is -0.117. The van der Waals surface area contributed by atoms with Gasteiger partial charge in [-0.1, -0.05) is 6.07 Å². The van der Waals surface area contributed by atoms with Gasteiger partial charge in [0.1, 0.15) is 0 Å². The molecule has 4 heteroatoms. The van der Waals surface area contributed by atoms with Crippen LogP contribution in [0.3, 0.4) is 0 Å². The predicted molar refractivity (Wildman–Crippen MR) is 62.8 cm³/mol. The van der Waals surface area contributed by atoms with Crippen molar-refractivity contribution in [1.82, 2.24) is 10.6 Å². The summed E-state index contributed by atoms with van der Waals surface area (Å²) in [7, 11) is 0. The molecule has 1 saturated heterocycles. The van der Waals surface area contributed by atoms with Crippen molar-refractivity contribution in [3.63, 3.8) is 0 Å². The zero-order valence-electron chi connectivity index (χ0n) is 8.40. The Labute approximate surface area is 93.2 Å². The van der Waals surface area contributed by atoms with E-state index in [9.17, 15) is 4.79 Å². The van der Waals surface area contributed by atoms with Gasteiger partial charge in [-0.15, -0.1) is 11.3 Å². The van der Waals surface area contributed by atoms with E-state index >= 15 is 0 Å². The van der Waals surface area contributed by atoms with E-state index in [-0.39, 0.29) is 5.91 Å². The average molecular weight is 222 g/mol. The highest BCUT2D eigenvalue weighted by Crippen LogP contribution is 2.09. The van der Waals surface area contributed by atoms with Crippen molar-refractivity contribution in [2.45, 2.75) is 12.5 Å². The van der Waals surface area contributed by atoms with Crippen LogP contribution < -0.4 is 10.6 Å². The number of thiophene rings is 1. The van der Waals surface area contributed by atoms with E-state index in [4.69, 9.17) is 0 Å². The predicted octanol–water partition coefficient (Wildman–Crippen LogP) is 1.24. The lowest BCUT2D eigenvalue weighted by Gasteiger charge is -2.08. The number of carbonyl (C=O) groups is 1. The summed E-state index contributed by atoms with van der Waals surface area (Å²) >= 11 is 1.63. The third-order valence-electron chi connectivity index (χ3n) is 2.35. The minimum Gasteiger partial charge on any atom is -0.348 e. The minimum absolute atomic E-state index is 0.00269. The van der Waals surface area contributed by atoms with Crippen molar-refractivity contribution in [3.05, 3.63) is 28.5 Å². The van der Waals surface area contributed by atoms with E-state index in [1.165, 1.54) is 0 Å². The molecule has 1 amide bonds. The molecule has 2 N–H and O–H groups in total. The molecule has 0 radical (unpaired) electrons. The van der Waals surface area contributed by atoms with E-state index in [2.05, 4.69) is 10.6 Å². The molecule has 0 unspecified atom stereocenters. The summed E-state index contributed by atoms with van der Waals surface area (Å²) in [6, 6.07) is 4.26. The zero-order chi connectivity index (χ0) is 10.5. The molecular formula is C11H14N2OS. The Morgan fingerprint density at radius 3 is 3.27 bits per heavy atom. The van der Waals surface area contributed by atoms with Gasteiger partial charge in [0.25, 0.3) is 0 Å². The Balaban J connectivity index is 1.81. The minimum atomic E-state index is -0.00269. The maximum atomic E-state index is 11.5. The van der Waals surface area contributed by atoms with Gasteiger partial charge in [0.2, 0.25) is 5.91 Å². The molecule has 1 aliphatic heterocycles. The summed E-state index contributed by atoms with van der Waals surface area (Å²) in [6.45, 7) is 1.89. The molecule has 1 atom stereocenters. The summed E-state index contributed by atoms with van der Waals surface area (Å²) in [5, 5.41) is 8.17. The molecular weight excluding hydrogens is 208 g/mol. The Bertz CT molecular complexity index is 339. The first-order valence-corrected chi connectivity index (χ1v) is 5.95. The van der Waals surface area contributed by atoms with Gasteiger partial charge in [-0.3, -0.25) is 4.79 Å². The van der Waals surface area contributed by atoms with Gasteiger partial charge in [-0.05, 0) is 30.5 Å². The van der Waals surface area contributed by atoms with Crippen LogP contribution in [0, 0.1) is 0 Å². The number of carbonyl (C=O) groups excluding carboxylic acids is 1. The van der Waals surface area contributed by atoms with Gasteiger partial charge >= 0.3 is 0 Å². The molecule has 2 heterocycles. The molecule has 0 aliphatic carbocycles. The highest BCUT2D eigenvalue weighted by molar-refractivity contribution is 7.10. The van der Waals surface area contributed by atoms with Gasteiger partial charge in [0, 0.05) is 23.5 Å². The van der Waals surface area contributed by atoms with E-state index in [1.807, 2.05) is 23.6 Å². The van der Waals surface area contributed by atoms with Gasteiger partial charge in [0.05, 0.1) is 0 Å². The van der Waals surface area contributed by atoms with Crippen LogP contribution in [0.15, 0.2) is 23.6 Å². The first kappa shape index (κ1) is 10.4.